The van der Waals surface area contributed by atoms with E-state index >= 15 is 0 Å². The summed E-state index contributed by atoms with van der Waals surface area (Å²) in [7, 11) is 0. The molecule has 0 saturated carbocycles. The largest absolute Gasteiger partial charge is 0.450 e. The molecule has 0 heterocycles. The van der Waals surface area contributed by atoms with Crippen molar-refractivity contribution in [3.8, 4) is 11.5 Å². The standard InChI is InChI=1S/C13H10BrNO4/c14-10-2-1-3-11(7-10)19-13-5-4-9(8-16)6-12(13)15(17)18/h1-7,16H,8H2. The summed E-state index contributed by atoms with van der Waals surface area (Å²) in [6.45, 7) is -0.252. The minimum Gasteiger partial charge on any atom is -0.450 e. The highest BCUT2D eigenvalue weighted by Gasteiger charge is 2.16. The van der Waals surface area contributed by atoms with Crippen molar-refractivity contribution in [1.82, 2.24) is 0 Å². The fourth-order valence-electron chi connectivity index (χ4n) is 1.55. The van der Waals surface area contributed by atoms with E-state index in [2.05, 4.69) is 15.9 Å². The molecule has 0 bridgehead atoms. The molecule has 6 heteroatoms. The molecular weight excluding hydrogens is 314 g/mol. The van der Waals surface area contributed by atoms with Crippen molar-refractivity contribution in [2.45, 2.75) is 6.61 Å². The summed E-state index contributed by atoms with van der Waals surface area (Å²) in [4.78, 5) is 10.4. The Morgan fingerprint density at radius 2 is 2.05 bits per heavy atom. The van der Waals surface area contributed by atoms with Gasteiger partial charge in [0.2, 0.25) is 5.75 Å². The Kier molecular flexibility index (Phi) is 4.13. The highest BCUT2D eigenvalue weighted by atomic mass is 79.9. The molecule has 2 rings (SSSR count). The number of aliphatic hydroxyl groups excluding tert-OH is 1. The number of rotatable bonds is 4. The van der Waals surface area contributed by atoms with E-state index in [1.54, 1.807) is 24.3 Å². The minimum absolute atomic E-state index is 0.139. The van der Waals surface area contributed by atoms with Crippen LogP contribution < -0.4 is 4.74 Å². The Morgan fingerprint density at radius 1 is 1.26 bits per heavy atom. The number of aliphatic hydroxyl groups is 1. The van der Waals surface area contributed by atoms with Gasteiger partial charge in [-0.15, -0.1) is 0 Å². The Balaban J connectivity index is 2.36. The van der Waals surface area contributed by atoms with Crippen LogP contribution in [0.1, 0.15) is 5.56 Å². The highest BCUT2D eigenvalue weighted by Crippen LogP contribution is 2.33. The number of nitro groups is 1. The SMILES string of the molecule is O=[N+]([O-])c1cc(CO)ccc1Oc1cccc(Br)c1. The van der Waals surface area contributed by atoms with Gasteiger partial charge >= 0.3 is 5.69 Å². The molecule has 1 N–H and O–H groups in total. The van der Waals surface area contributed by atoms with Gasteiger partial charge in [0.25, 0.3) is 0 Å². The quantitative estimate of drug-likeness (QED) is 0.688. The van der Waals surface area contributed by atoms with Crippen molar-refractivity contribution in [2.24, 2.45) is 0 Å². The van der Waals surface area contributed by atoms with E-state index in [-0.39, 0.29) is 18.0 Å². The third-order valence-corrected chi connectivity index (χ3v) is 2.92. The number of ether oxygens (including phenoxy) is 1. The molecular formula is C13H10BrNO4. The van der Waals surface area contributed by atoms with Crippen molar-refractivity contribution >= 4 is 21.6 Å². The van der Waals surface area contributed by atoms with Crippen molar-refractivity contribution < 1.29 is 14.8 Å². The summed E-state index contributed by atoms with van der Waals surface area (Å²) >= 11 is 3.30. The molecule has 0 saturated heterocycles. The first-order chi connectivity index (χ1) is 9.10. The lowest BCUT2D eigenvalue weighted by Gasteiger charge is -2.07. The van der Waals surface area contributed by atoms with Crippen LogP contribution in [0.25, 0.3) is 0 Å². The van der Waals surface area contributed by atoms with E-state index in [0.29, 0.717) is 11.3 Å². The number of nitro benzene ring substituents is 1. The van der Waals surface area contributed by atoms with Gasteiger partial charge in [0, 0.05) is 10.5 Å². The first-order valence-electron chi connectivity index (χ1n) is 5.42. The summed E-state index contributed by atoms with van der Waals surface area (Å²) in [6.07, 6.45) is 0. The topological polar surface area (TPSA) is 72.6 Å². The maximum atomic E-state index is 11.0. The monoisotopic (exact) mass is 323 g/mol. The molecule has 0 aliphatic rings. The molecule has 0 fully saturated rings. The molecule has 0 aromatic heterocycles. The van der Waals surface area contributed by atoms with Crippen LogP contribution >= 0.6 is 15.9 Å². The Morgan fingerprint density at radius 3 is 2.68 bits per heavy atom. The number of benzene rings is 2. The summed E-state index contributed by atoms with van der Waals surface area (Å²) < 4.78 is 6.32. The van der Waals surface area contributed by atoms with Gasteiger partial charge < -0.3 is 9.84 Å². The molecule has 0 aliphatic heterocycles. The van der Waals surface area contributed by atoms with Gasteiger partial charge in [-0.25, -0.2) is 0 Å². The predicted octanol–water partition coefficient (Wildman–Crippen LogP) is 3.64. The molecule has 0 radical (unpaired) electrons. The second kappa shape index (κ2) is 5.81. The van der Waals surface area contributed by atoms with E-state index in [4.69, 9.17) is 9.84 Å². The molecule has 0 spiro atoms. The molecule has 5 nitrogen and oxygen atoms in total. The maximum Gasteiger partial charge on any atom is 0.311 e. The fourth-order valence-corrected chi connectivity index (χ4v) is 1.93. The third-order valence-electron chi connectivity index (χ3n) is 2.43. The maximum absolute atomic E-state index is 11.0. The summed E-state index contributed by atoms with van der Waals surface area (Å²) in [5, 5.41) is 20.0. The smallest absolute Gasteiger partial charge is 0.311 e. The lowest BCUT2D eigenvalue weighted by atomic mass is 10.2. The molecule has 2 aromatic rings. The number of hydrogen-bond acceptors (Lipinski definition) is 4. The zero-order chi connectivity index (χ0) is 13.8. The van der Waals surface area contributed by atoms with E-state index in [1.807, 2.05) is 6.07 Å². The van der Waals surface area contributed by atoms with Crippen LogP contribution in [0.2, 0.25) is 0 Å². The van der Waals surface area contributed by atoms with E-state index in [1.165, 1.54) is 12.1 Å². The molecule has 19 heavy (non-hydrogen) atoms. The van der Waals surface area contributed by atoms with Gasteiger partial charge in [-0.05, 0) is 29.8 Å². The van der Waals surface area contributed by atoms with Gasteiger partial charge in [-0.1, -0.05) is 28.1 Å². The number of hydrogen-bond donors (Lipinski definition) is 1. The average Bonchev–Trinajstić information content (AvgIpc) is 2.39. The van der Waals surface area contributed by atoms with Gasteiger partial charge in [-0.2, -0.15) is 0 Å². The third kappa shape index (κ3) is 3.30. The van der Waals surface area contributed by atoms with Gasteiger partial charge in [0.05, 0.1) is 11.5 Å². The summed E-state index contributed by atoms with van der Waals surface area (Å²) in [5.74, 6) is 0.634. The molecule has 0 unspecified atom stereocenters. The van der Waals surface area contributed by atoms with E-state index in [9.17, 15) is 10.1 Å². The fraction of sp³-hybridized carbons (Fsp3) is 0.0769. The van der Waals surface area contributed by atoms with Gasteiger partial charge in [0.1, 0.15) is 5.75 Å². The van der Waals surface area contributed by atoms with Crippen LogP contribution in [-0.2, 0) is 6.61 Å². The van der Waals surface area contributed by atoms with Crippen LogP contribution in [-0.4, -0.2) is 10.0 Å². The van der Waals surface area contributed by atoms with E-state index < -0.39 is 4.92 Å². The number of nitrogens with zero attached hydrogens (tertiary/aromatic N) is 1. The molecule has 0 atom stereocenters. The molecule has 0 amide bonds. The molecule has 2 aromatic carbocycles. The first-order valence-corrected chi connectivity index (χ1v) is 6.21. The predicted molar refractivity (Wildman–Crippen MR) is 73.2 cm³/mol. The Bertz CT molecular complexity index is 615. The molecule has 98 valence electrons. The summed E-state index contributed by atoms with van der Waals surface area (Å²) in [5.41, 5.74) is 0.291. The Hall–Kier alpha value is -1.92. The first kappa shape index (κ1) is 13.5. The normalized spacial score (nSPS) is 10.2. The molecule has 0 aliphatic carbocycles. The highest BCUT2D eigenvalue weighted by molar-refractivity contribution is 9.10. The zero-order valence-corrected chi connectivity index (χ0v) is 11.3. The van der Waals surface area contributed by atoms with Crippen LogP contribution in [0.4, 0.5) is 5.69 Å². The number of halogens is 1. The zero-order valence-electron chi connectivity index (χ0n) is 9.75. The average molecular weight is 324 g/mol. The second-order valence-electron chi connectivity index (χ2n) is 3.78. The van der Waals surface area contributed by atoms with Crippen LogP contribution in [0.15, 0.2) is 46.9 Å². The van der Waals surface area contributed by atoms with Gasteiger partial charge in [0.15, 0.2) is 0 Å². The van der Waals surface area contributed by atoms with Crippen molar-refractivity contribution in [3.05, 3.63) is 62.6 Å². The summed E-state index contributed by atoms with van der Waals surface area (Å²) in [6, 6.07) is 11.4. The lowest BCUT2D eigenvalue weighted by molar-refractivity contribution is -0.385. The van der Waals surface area contributed by atoms with Crippen molar-refractivity contribution in [1.29, 1.82) is 0 Å². The van der Waals surface area contributed by atoms with E-state index in [0.717, 1.165) is 4.47 Å². The minimum atomic E-state index is -0.535. The lowest BCUT2D eigenvalue weighted by Crippen LogP contribution is -1.95. The second-order valence-corrected chi connectivity index (χ2v) is 4.69. The van der Waals surface area contributed by atoms with Crippen molar-refractivity contribution in [3.63, 3.8) is 0 Å². The van der Waals surface area contributed by atoms with Crippen LogP contribution in [0.3, 0.4) is 0 Å². The Labute approximate surface area is 117 Å². The van der Waals surface area contributed by atoms with Gasteiger partial charge in [-0.3, -0.25) is 10.1 Å². The van der Waals surface area contributed by atoms with Crippen LogP contribution in [0, 0.1) is 10.1 Å². The van der Waals surface area contributed by atoms with Crippen LogP contribution in [0.5, 0.6) is 11.5 Å². The van der Waals surface area contributed by atoms with Crippen molar-refractivity contribution in [2.75, 3.05) is 0 Å².